The van der Waals surface area contributed by atoms with E-state index in [4.69, 9.17) is 4.74 Å². The second-order valence-electron chi connectivity index (χ2n) is 7.77. The van der Waals surface area contributed by atoms with Crippen LogP contribution in [0.15, 0.2) is 60.7 Å². The second kappa shape index (κ2) is 9.36. The molecule has 33 heavy (non-hydrogen) atoms. The van der Waals surface area contributed by atoms with E-state index in [0.717, 1.165) is 17.7 Å². The highest BCUT2D eigenvalue weighted by atomic mass is 19.1. The largest absolute Gasteiger partial charge is 0.481 e. The SMILES string of the molecule is CC1Oc2ccc(NC(=O)c3c(F)cccc3F)cc2CN(CCc2ccc(F)cc2)C1=O. The standard InChI is InChI=1S/C25H21F3N2O3/c1-15-25(32)30(12-11-16-5-7-18(26)8-6-16)14-17-13-19(9-10-22(17)33-15)29-24(31)23-20(27)3-2-4-21(23)28/h2-10,13,15H,11-12,14H2,1H3,(H,29,31). The van der Waals surface area contributed by atoms with Crippen molar-refractivity contribution >= 4 is 17.5 Å². The molecule has 0 bridgehead atoms. The van der Waals surface area contributed by atoms with Crippen molar-refractivity contribution in [2.45, 2.75) is 26.0 Å². The number of hydrogen-bond donors (Lipinski definition) is 1. The molecule has 1 heterocycles. The number of nitrogens with one attached hydrogen (secondary N) is 1. The van der Waals surface area contributed by atoms with E-state index in [-0.39, 0.29) is 18.3 Å². The first-order valence-corrected chi connectivity index (χ1v) is 10.4. The van der Waals surface area contributed by atoms with Gasteiger partial charge in [0, 0.05) is 24.3 Å². The van der Waals surface area contributed by atoms with Crippen LogP contribution < -0.4 is 10.1 Å². The third kappa shape index (κ3) is 5.00. The lowest BCUT2D eigenvalue weighted by molar-refractivity contribution is -0.137. The maximum absolute atomic E-state index is 13.9. The zero-order chi connectivity index (χ0) is 23.5. The van der Waals surface area contributed by atoms with Crippen LogP contribution in [0.2, 0.25) is 0 Å². The molecule has 0 spiro atoms. The van der Waals surface area contributed by atoms with Crippen molar-refractivity contribution in [3.05, 3.63) is 94.8 Å². The summed E-state index contributed by atoms with van der Waals surface area (Å²) in [5.41, 5.74) is 1.16. The van der Waals surface area contributed by atoms with Crippen molar-refractivity contribution in [2.75, 3.05) is 11.9 Å². The van der Waals surface area contributed by atoms with Gasteiger partial charge >= 0.3 is 0 Å². The zero-order valence-corrected chi connectivity index (χ0v) is 17.8. The summed E-state index contributed by atoms with van der Waals surface area (Å²) < 4.78 is 46.8. The second-order valence-corrected chi connectivity index (χ2v) is 7.77. The Hall–Kier alpha value is -3.81. The Morgan fingerprint density at radius 2 is 1.76 bits per heavy atom. The number of amides is 2. The summed E-state index contributed by atoms with van der Waals surface area (Å²) in [6.45, 7) is 2.26. The molecule has 0 aliphatic carbocycles. The number of benzene rings is 3. The number of carbonyl (C=O) groups is 2. The van der Waals surface area contributed by atoms with Crippen molar-refractivity contribution in [3.63, 3.8) is 0 Å². The minimum atomic E-state index is -0.961. The summed E-state index contributed by atoms with van der Waals surface area (Å²) in [5.74, 6) is -2.89. The molecule has 0 aromatic heterocycles. The summed E-state index contributed by atoms with van der Waals surface area (Å²) >= 11 is 0. The van der Waals surface area contributed by atoms with Gasteiger partial charge in [-0.25, -0.2) is 13.2 Å². The highest BCUT2D eigenvalue weighted by Crippen LogP contribution is 2.29. The minimum Gasteiger partial charge on any atom is -0.481 e. The molecule has 3 aromatic carbocycles. The number of rotatable bonds is 5. The lowest BCUT2D eigenvalue weighted by Crippen LogP contribution is -2.39. The van der Waals surface area contributed by atoms with E-state index >= 15 is 0 Å². The Balaban J connectivity index is 1.53. The first kappa shape index (κ1) is 22.4. The Morgan fingerprint density at radius 3 is 2.45 bits per heavy atom. The lowest BCUT2D eigenvalue weighted by Gasteiger charge is -2.22. The van der Waals surface area contributed by atoms with E-state index in [2.05, 4.69) is 5.32 Å². The van der Waals surface area contributed by atoms with E-state index in [1.54, 1.807) is 42.2 Å². The summed E-state index contributed by atoms with van der Waals surface area (Å²) in [4.78, 5) is 26.9. The van der Waals surface area contributed by atoms with Gasteiger partial charge in [0.2, 0.25) is 0 Å². The summed E-state index contributed by atoms with van der Waals surface area (Å²) in [6.07, 6.45) is -0.190. The molecule has 1 aliphatic heterocycles. The summed E-state index contributed by atoms with van der Waals surface area (Å²) in [5, 5.41) is 2.50. The highest BCUT2D eigenvalue weighted by molar-refractivity contribution is 6.04. The van der Waals surface area contributed by atoms with Gasteiger partial charge in [0.15, 0.2) is 6.10 Å². The molecule has 2 amide bonds. The normalized spacial score (nSPS) is 15.5. The molecule has 3 aromatic rings. The fourth-order valence-corrected chi connectivity index (χ4v) is 3.69. The summed E-state index contributed by atoms with van der Waals surface area (Å²) in [7, 11) is 0. The van der Waals surface area contributed by atoms with Crippen LogP contribution in [-0.2, 0) is 17.8 Å². The molecule has 0 saturated heterocycles. The fraction of sp³-hybridized carbons (Fsp3) is 0.200. The van der Waals surface area contributed by atoms with Gasteiger partial charge in [-0.15, -0.1) is 0 Å². The average Bonchev–Trinajstić information content (AvgIpc) is 2.89. The molecule has 4 rings (SSSR count). The van der Waals surface area contributed by atoms with Crippen molar-refractivity contribution in [1.82, 2.24) is 4.90 Å². The third-order valence-corrected chi connectivity index (χ3v) is 5.42. The van der Waals surface area contributed by atoms with E-state index < -0.39 is 29.2 Å². The molecule has 8 heteroatoms. The maximum Gasteiger partial charge on any atom is 0.263 e. The first-order chi connectivity index (χ1) is 15.8. The van der Waals surface area contributed by atoms with Gasteiger partial charge in [-0.1, -0.05) is 18.2 Å². The van der Waals surface area contributed by atoms with Crippen LogP contribution in [-0.4, -0.2) is 29.4 Å². The maximum atomic E-state index is 13.9. The van der Waals surface area contributed by atoms with Gasteiger partial charge in [0.05, 0.1) is 0 Å². The topological polar surface area (TPSA) is 58.6 Å². The molecule has 0 radical (unpaired) electrons. The number of nitrogens with zero attached hydrogens (tertiary/aromatic N) is 1. The lowest BCUT2D eigenvalue weighted by atomic mass is 10.1. The van der Waals surface area contributed by atoms with Crippen molar-refractivity contribution in [2.24, 2.45) is 0 Å². The van der Waals surface area contributed by atoms with Crippen LogP contribution in [0.3, 0.4) is 0 Å². The predicted molar refractivity (Wildman–Crippen MR) is 116 cm³/mol. The molecule has 0 fully saturated rings. The Kier molecular flexibility index (Phi) is 6.35. The highest BCUT2D eigenvalue weighted by Gasteiger charge is 2.28. The number of anilines is 1. The zero-order valence-electron chi connectivity index (χ0n) is 17.8. The van der Waals surface area contributed by atoms with Gasteiger partial charge < -0.3 is 15.0 Å². The molecule has 170 valence electrons. The molecular weight excluding hydrogens is 433 g/mol. The van der Waals surface area contributed by atoms with Crippen LogP contribution in [0.1, 0.15) is 28.4 Å². The Morgan fingerprint density at radius 1 is 1.06 bits per heavy atom. The fourth-order valence-electron chi connectivity index (χ4n) is 3.69. The van der Waals surface area contributed by atoms with Gasteiger partial charge in [-0.05, 0) is 61.4 Å². The third-order valence-electron chi connectivity index (χ3n) is 5.42. The monoisotopic (exact) mass is 454 g/mol. The first-order valence-electron chi connectivity index (χ1n) is 10.4. The van der Waals surface area contributed by atoms with E-state index in [1.165, 1.54) is 18.2 Å². The van der Waals surface area contributed by atoms with Crippen LogP contribution in [0.4, 0.5) is 18.9 Å². The number of ether oxygens (including phenoxy) is 1. The van der Waals surface area contributed by atoms with Gasteiger partial charge in [-0.3, -0.25) is 9.59 Å². The van der Waals surface area contributed by atoms with Gasteiger partial charge in [0.25, 0.3) is 11.8 Å². The quantitative estimate of drug-likeness (QED) is 0.608. The van der Waals surface area contributed by atoms with Crippen LogP contribution in [0.25, 0.3) is 0 Å². The summed E-state index contributed by atoms with van der Waals surface area (Å²) in [6, 6.07) is 14.0. The Bertz CT molecular complexity index is 1180. The smallest absolute Gasteiger partial charge is 0.263 e. The molecule has 1 aliphatic rings. The van der Waals surface area contributed by atoms with E-state index in [1.807, 2.05) is 0 Å². The van der Waals surface area contributed by atoms with Crippen molar-refractivity contribution in [3.8, 4) is 5.75 Å². The number of hydrogen-bond acceptors (Lipinski definition) is 3. The molecule has 1 unspecified atom stereocenters. The van der Waals surface area contributed by atoms with Crippen LogP contribution >= 0.6 is 0 Å². The average molecular weight is 454 g/mol. The van der Waals surface area contributed by atoms with Crippen LogP contribution in [0, 0.1) is 17.5 Å². The molecular formula is C25H21F3N2O3. The molecule has 1 atom stereocenters. The molecule has 5 nitrogen and oxygen atoms in total. The van der Waals surface area contributed by atoms with Crippen molar-refractivity contribution < 1.29 is 27.5 Å². The molecule has 0 saturated carbocycles. The number of halogens is 3. The minimum absolute atomic E-state index is 0.202. The predicted octanol–water partition coefficient (Wildman–Crippen LogP) is 4.71. The van der Waals surface area contributed by atoms with Crippen LogP contribution in [0.5, 0.6) is 5.75 Å². The number of carbonyl (C=O) groups excluding carboxylic acids is 2. The van der Waals surface area contributed by atoms with E-state index in [9.17, 15) is 22.8 Å². The van der Waals surface area contributed by atoms with Gasteiger partial charge in [0.1, 0.15) is 28.8 Å². The molecule has 1 N–H and O–H groups in total. The van der Waals surface area contributed by atoms with E-state index in [0.29, 0.717) is 30.0 Å². The Labute approximate surface area is 188 Å². The van der Waals surface area contributed by atoms with Crippen molar-refractivity contribution in [1.29, 1.82) is 0 Å². The number of fused-ring (bicyclic) bond motifs is 1. The van der Waals surface area contributed by atoms with Gasteiger partial charge in [-0.2, -0.15) is 0 Å².